The van der Waals surface area contributed by atoms with Gasteiger partial charge in [-0.1, -0.05) is 11.5 Å². The molecule has 0 atom stereocenters. The first-order chi connectivity index (χ1) is 2.50. The summed E-state index contributed by atoms with van der Waals surface area (Å²) in [7, 11) is 0. The molecule has 0 aliphatic heterocycles. The number of hydrogen-bond donors (Lipinski definition) is 0. The van der Waals surface area contributed by atoms with Gasteiger partial charge >= 0.3 is 0 Å². The zero-order valence-corrected chi connectivity index (χ0v) is 2.86. The number of allylic oxidation sites excluding steroid dienone is 2. The monoisotopic (exact) mass is 64.0 g/mol. The van der Waals surface area contributed by atoms with Gasteiger partial charge in [-0.25, -0.2) is 0 Å². The first-order valence-corrected chi connectivity index (χ1v) is 1.64. The summed E-state index contributed by atoms with van der Waals surface area (Å²) < 4.78 is 0. The van der Waals surface area contributed by atoms with Gasteiger partial charge in [0.1, 0.15) is 0 Å². The van der Waals surface area contributed by atoms with Gasteiger partial charge in [0.2, 0.25) is 0 Å². The summed E-state index contributed by atoms with van der Waals surface area (Å²) in [5.41, 5.74) is 5.58. The van der Waals surface area contributed by atoms with E-state index in [0.717, 1.165) is 6.42 Å². The highest BCUT2D eigenvalue weighted by Gasteiger charge is 1.66. The van der Waals surface area contributed by atoms with Crippen LogP contribution in [0.1, 0.15) is 6.42 Å². The molecular weight excluding hydrogens is 60.1 g/mol. The Morgan fingerprint density at radius 2 is 1.80 bits per heavy atom. The van der Waals surface area contributed by atoms with Gasteiger partial charge in [-0.2, -0.15) is 0 Å². The summed E-state index contributed by atoms with van der Waals surface area (Å²) in [6.45, 7) is 0. The maximum atomic E-state index is 2.79. The van der Waals surface area contributed by atoms with E-state index in [-0.39, 0.29) is 0 Å². The lowest BCUT2D eigenvalue weighted by Crippen LogP contribution is -1.38. The van der Waals surface area contributed by atoms with Crippen LogP contribution in [-0.2, 0) is 0 Å². The van der Waals surface area contributed by atoms with E-state index in [2.05, 4.69) is 11.5 Å². The van der Waals surface area contributed by atoms with Gasteiger partial charge in [0.25, 0.3) is 0 Å². The van der Waals surface area contributed by atoms with Crippen molar-refractivity contribution in [2.24, 2.45) is 0 Å². The summed E-state index contributed by atoms with van der Waals surface area (Å²) in [5.74, 6) is 0. The predicted octanol–water partition coefficient (Wildman–Crippen LogP) is 1.26. The van der Waals surface area contributed by atoms with Crippen LogP contribution >= 0.6 is 0 Å². The SMILES string of the molecule is C1=C=CCC=1. The molecule has 0 amide bonds. The molecule has 1 aliphatic rings. The number of rotatable bonds is 0. The maximum absolute atomic E-state index is 2.79. The normalized spacial score (nSPS) is 14.4. The Balaban J connectivity index is 3.17. The van der Waals surface area contributed by atoms with Crippen LogP contribution in [0.3, 0.4) is 0 Å². The van der Waals surface area contributed by atoms with Crippen molar-refractivity contribution < 1.29 is 0 Å². The van der Waals surface area contributed by atoms with Crippen LogP contribution in [0.5, 0.6) is 0 Å². The van der Waals surface area contributed by atoms with Crippen molar-refractivity contribution in [2.45, 2.75) is 6.42 Å². The van der Waals surface area contributed by atoms with Gasteiger partial charge in [-0.3, -0.25) is 0 Å². The van der Waals surface area contributed by atoms with Crippen LogP contribution in [0.4, 0.5) is 0 Å². The molecule has 0 N–H and O–H groups in total. The zero-order chi connectivity index (χ0) is 3.54. The van der Waals surface area contributed by atoms with Crippen LogP contribution < -0.4 is 0 Å². The second kappa shape index (κ2) is 0.944. The molecule has 0 saturated heterocycles. The Morgan fingerprint density at radius 3 is 2.00 bits per heavy atom. The van der Waals surface area contributed by atoms with E-state index < -0.39 is 0 Å². The molecule has 0 aromatic heterocycles. The van der Waals surface area contributed by atoms with Crippen molar-refractivity contribution in [3.8, 4) is 0 Å². The molecule has 1 aliphatic carbocycles. The largest absolute Gasteiger partial charge is 0.0746 e. The number of hydrogen-bond acceptors (Lipinski definition) is 0. The van der Waals surface area contributed by atoms with Gasteiger partial charge in [0.05, 0.1) is 0 Å². The van der Waals surface area contributed by atoms with Gasteiger partial charge < -0.3 is 0 Å². The van der Waals surface area contributed by atoms with E-state index in [0.29, 0.717) is 0 Å². The molecule has 0 radical (unpaired) electrons. The lowest BCUT2D eigenvalue weighted by molar-refractivity contribution is 1.44. The quantitative estimate of drug-likeness (QED) is 0.372. The van der Waals surface area contributed by atoms with Crippen molar-refractivity contribution in [3.63, 3.8) is 0 Å². The van der Waals surface area contributed by atoms with E-state index in [9.17, 15) is 0 Å². The smallest absolute Gasteiger partial charge is 0.000387 e. The molecule has 0 aromatic rings. The predicted molar refractivity (Wildman–Crippen MR) is 20.8 cm³/mol. The van der Waals surface area contributed by atoms with E-state index in [1.54, 1.807) is 0 Å². The minimum Gasteiger partial charge on any atom is -0.0746 e. The molecule has 1 rings (SSSR count). The molecule has 0 unspecified atom stereocenters. The molecule has 5 heavy (non-hydrogen) atoms. The minimum atomic E-state index is 1.03. The Labute approximate surface area is 31.1 Å². The lowest BCUT2D eigenvalue weighted by Gasteiger charge is -1.55. The van der Waals surface area contributed by atoms with E-state index in [1.165, 1.54) is 0 Å². The zero-order valence-electron chi connectivity index (χ0n) is 2.86. The van der Waals surface area contributed by atoms with Crippen LogP contribution in [0.15, 0.2) is 23.6 Å². The first kappa shape index (κ1) is 2.53. The Bertz CT molecular complexity index is 94.0. The van der Waals surface area contributed by atoms with Gasteiger partial charge in [0.15, 0.2) is 0 Å². The molecule has 24 valence electrons. The average Bonchev–Trinajstić information content (AvgIpc) is 1.76. The summed E-state index contributed by atoms with van der Waals surface area (Å²) >= 11 is 0. The minimum absolute atomic E-state index is 1.03. The summed E-state index contributed by atoms with van der Waals surface area (Å²) in [6, 6.07) is 0. The molecule has 0 fully saturated rings. The van der Waals surface area contributed by atoms with E-state index >= 15 is 0 Å². The molecule has 0 bridgehead atoms. The molecule has 0 saturated carbocycles. The molecule has 0 heteroatoms. The van der Waals surface area contributed by atoms with Crippen molar-refractivity contribution in [1.82, 2.24) is 0 Å². The Morgan fingerprint density at radius 1 is 1.20 bits per heavy atom. The van der Waals surface area contributed by atoms with Crippen molar-refractivity contribution in [2.75, 3.05) is 0 Å². The standard InChI is InChI=1S/C5H4/c1-2-4-5-3-1/h1,4H,2H2. The van der Waals surface area contributed by atoms with Crippen molar-refractivity contribution >= 4 is 0 Å². The van der Waals surface area contributed by atoms with Crippen LogP contribution in [-0.4, -0.2) is 0 Å². The molecule has 0 nitrogen and oxygen atoms in total. The summed E-state index contributed by atoms with van der Waals surface area (Å²) in [5, 5.41) is 0. The maximum Gasteiger partial charge on any atom is -0.000387 e. The Hall–Kier alpha value is -0.700. The third-order valence-electron chi connectivity index (χ3n) is 0.523. The fourth-order valence-corrected chi connectivity index (χ4v) is 0.295. The molecule has 0 heterocycles. The van der Waals surface area contributed by atoms with E-state index in [1.807, 2.05) is 12.2 Å². The fourth-order valence-electron chi connectivity index (χ4n) is 0.295. The first-order valence-electron chi connectivity index (χ1n) is 1.64. The van der Waals surface area contributed by atoms with Gasteiger partial charge in [-0.05, 0) is 18.6 Å². The van der Waals surface area contributed by atoms with Crippen molar-refractivity contribution in [1.29, 1.82) is 0 Å². The van der Waals surface area contributed by atoms with E-state index in [4.69, 9.17) is 0 Å². The van der Waals surface area contributed by atoms with Crippen molar-refractivity contribution in [3.05, 3.63) is 23.6 Å². The summed E-state index contributed by atoms with van der Waals surface area (Å²) in [6.07, 6.45) is 4.92. The second-order valence-corrected chi connectivity index (χ2v) is 0.933. The fraction of sp³-hybridized carbons (Fsp3) is 0.200. The average molecular weight is 64.1 g/mol. The molecular formula is C5H4. The van der Waals surface area contributed by atoms with Crippen LogP contribution in [0, 0.1) is 0 Å². The highest BCUT2D eigenvalue weighted by atomic mass is 13.7. The lowest BCUT2D eigenvalue weighted by atomic mass is 10.5. The Kier molecular flexibility index (Phi) is 0.478. The second-order valence-electron chi connectivity index (χ2n) is 0.933. The van der Waals surface area contributed by atoms with Gasteiger partial charge in [0, 0.05) is 0 Å². The third-order valence-corrected chi connectivity index (χ3v) is 0.523. The highest BCUT2D eigenvalue weighted by molar-refractivity contribution is 4.98. The van der Waals surface area contributed by atoms with Crippen LogP contribution in [0.25, 0.3) is 0 Å². The topological polar surface area (TPSA) is 0 Å². The molecule has 0 aromatic carbocycles. The molecule has 0 spiro atoms. The van der Waals surface area contributed by atoms with Crippen LogP contribution in [0.2, 0.25) is 0 Å². The highest BCUT2D eigenvalue weighted by Crippen LogP contribution is 1.84. The third kappa shape index (κ3) is 0.302. The summed E-state index contributed by atoms with van der Waals surface area (Å²) in [4.78, 5) is 0. The van der Waals surface area contributed by atoms with Gasteiger partial charge in [-0.15, -0.1) is 0 Å².